The predicted octanol–water partition coefficient (Wildman–Crippen LogP) is 4.01. The number of thioether (sulfide) groups is 1. The van der Waals surface area contributed by atoms with E-state index in [-0.39, 0.29) is 11.7 Å². The Morgan fingerprint density at radius 3 is 2.79 bits per heavy atom. The van der Waals surface area contributed by atoms with Crippen LogP contribution in [0.4, 0.5) is 5.69 Å². The van der Waals surface area contributed by atoms with Crippen LogP contribution in [0, 0.1) is 6.92 Å². The summed E-state index contributed by atoms with van der Waals surface area (Å²) >= 11 is 4.68. The minimum Gasteiger partial charge on any atom is -0.325 e. The third-order valence-corrected chi connectivity index (χ3v) is 5.41. The molecular formula is C19H15BrN6OS. The zero-order chi connectivity index (χ0) is 19.5. The molecule has 2 aromatic heterocycles. The number of benzene rings is 2. The Bertz CT molecular complexity index is 1140. The summed E-state index contributed by atoms with van der Waals surface area (Å²) in [7, 11) is 0. The predicted molar refractivity (Wildman–Crippen MR) is 113 cm³/mol. The van der Waals surface area contributed by atoms with Crippen LogP contribution in [-0.4, -0.2) is 36.9 Å². The normalized spacial score (nSPS) is 10.9. The molecule has 0 unspecified atom stereocenters. The second kappa shape index (κ2) is 8.07. The van der Waals surface area contributed by atoms with Gasteiger partial charge in [-0.3, -0.25) is 9.78 Å². The largest absolute Gasteiger partial charge is 0.325 e. The lowest BCUT2D eigenvalue weighted by atomic mass is 10.1. The number of carbonyl (C=O) groups is 1. The summed E-state index contributed by atoms with van der Waals surface area (Å²) in [6, 6.07) is 17.2. The van der Waals surface area contributed by atoms with Gasteiger partial charge in [-0.05, 0) is 53.7 Å². The summed E-state index contributed by atoms with van der Waals surface area (Å²) in [5, 5.41) is 16.2. The quantitative estimate of drug-likeness (QED) is 0.458. The maximum absolute atomic E-state index is 12.5. The standard InChI is InChI=1S/C19H15BrN6OS/c1-12-10-17(15-4-2-3-5-16(15)21-12)22-18(27)11-28-19-23-24-25-26(19)14-8-6-13(20)7-9-14/h2-10H,11H2,1H3,(H,21,22,27). The van der Waals surface area contributed by atoms with Gasteiger partial charge in [0.15, 0.2) is 0 Å². The fourth-order valence-electron chi connectivity index (χ4n) is 2.74. The number of fused-ring (bicyclic) bond motifs is 1. The number of aromatic nitrogens is 5. The van der Waals surface area contributed by atoms with E-state index in [2.05, 4.69) is 41.8 Å². The summed E-state index contributed by atoms with van der Waals surface area (Å²) in [5.74, 6) is 0.0539. The van der Waals surface area contributed by atoms with Crippen LogP contribution in [-0.2, 0) is 4.79 Å². The van der Waals surface area contributed by atoms with E-state index in [1.54, 1.807) is 4.68 Å². The van der Waals surface area contributed by atoms with Crippen molar-refractivity contribution in [3.05, 3.63) is 64.8 Å². The fourth-order valence-corrected chi connectivity index (χ4v) is 3.70. The first kappa shape index (κ1) is 18.6. The maximum Gasteiger partial charge on any atom is 0.234 e. The highest BCUT2D eigenvalue weighted by molar-refractivity contribution is 9.10. The number of carbonyl (C=O) groups excluding carboxylic acids is 1. The van der Waals surface area contributed by atoms with Gasteiger partial charge < -0.3 is 5.32 Å². The highest BCUT2D eigenvalue weighted by Gasteiger charge is 2.13. The van der Waals surface area contributed by atoms with Gasteiger partial charge in [-0.25, -0.2) is 0 Å². The first-order valence-corrected chi connectivity index (χ1v) is 10.2. The highest BCUT2D eigenvalue weighted by Crippen LogP contribution is 2.24. The summed E-state index contributed by atoms with van der Waals surface area (Å²) in [5.41, 5.74) is 3.28. The SMILES string of the molecule is Cc1cc(NC(=O)CSc2nnnn2-c2ccc(Br)cc2)c2ccccc2n1. The Labute approximate surface area is 173 Å². The number of pyridine rings is 1. The number of para-hydroxylation sites is 1. The van der Waals surface area contributed by atoms with Crippen LogP contribution in [0.2, 0.25) is 0 Å². The summed E-state index contributed by atoms with van der Waals surface area (Å²) in [4.78, 5) is 17.0. The number of nitrogens with zero attached hydrogens (tertiary/aromatic N) is 5. The van der Waals surface area contributed by atoms with Crippen LogP contribution in [0.5, 0.6) is 0 Å². The van der Waals surface area contributed by atoms with E-state index in [0.717, 1.165) is 32.4 Å². The third-order valence-electron chi connectivity index (χ3n) is 3.96. The maximum atomic E-state index is 12.5. The number of anilines is 1. The minimum atomic E-state index is -0.133. The Balaban J connectivity index is 1.48. The van der Waals surface area contributed by atoms with Gasteiger partial charge in [0.1, 0.15) is 0 Å². The van der Waals surface area contributed by atoms with E-state index in [9.17, 15) is 4.79 Å². The summed E-state index contributed by atoms with van der Waals surface area (Å²) in [6.07, 6.45) is 0. The molecule has 2 aromatic carbocycles. The number of hydrogen-bond donors (Lipinski definition) is 1. The summed E-state index contributed by atoms with van der Waals surface area (Å²) in [6.45, 7) is 1.91. The second-order valence-corrected chi connectivity index (χ2v) is 7.87. The van der Waals surface area contributed by atoms with Crippen LogP contribution >= 0.6 is 27.7 Å². The van der Waals surface area contributed by atoms with Gasteiger partial charge in [-0.1, -0.05) is 45.9 Å². The monoisotopic (exact) mass is 454 g/mol. The molecule has 0 bridgehead atoms. The molecular weight excluding hydrogens is 440 g/mol. The van der Waals surface area contributed by atoms with Crippen molar-refractivity contribution in [3.8, 4) is 5.69 Å². The molecule has 0 spiro atoms. The van der Waals surface area contributed by atoms with E-state index < -0.39 is 0 Å². The Hall–Kier alpha value is -2.78. The lowest BCUT2D eigenvalue weighted by molar-refractivity contribution is -0.113. The fraction of sp³-hybridized carbons (Fsp3) is 0.105. The van der Waals surface area contributed by atoms with E-state index in [0.29, 0.717) is 5.16 Å². The molecule has 140 valence electrons. The van der Waals surface area contributed by atoms with Crippen molar-refractivity contribution in [1.29, 1.82) is 0 Å². The molecule has 0 atom stereocenters. The van der Waals surface area contributed by atoms with Crippen molar-refractivity contribution in [2.24, 2.45) is 0 Å². The van der Waals surface area contributed by atoms with E-state index >= 15 is 0 Å². The molecule has 9 heteroatoms. The van der Waals surface area contributed by atoms with Crippen LogP contribution in [0.25, 0.3) is 16.6 Å². The lowest BCUT2D eigenvalue weighted by Crippen LogP contribution is -2.15. The van der Waals surface area contributed by atoms with Crippen molar-refractivity contribution in [2.45, 2.75) is 12.1 Å². The van der Waals surface area contributed by atoms with Gasteiger partial charge in [0.05, 0.1) is 22.6 Å². The van der Waals surface area contributed by atoms with E-state index in [1.165, 1.54) is 11.8 Å². The molecule has 7 nitrogen and oxygen atoms in total. The van der Waals surface area contributed by atoms with Gasteiger partial charge in [0.2, 0.25) is 11.1 Å². The van der Waals surface area contributed by atoms with Gasteiger partial charge in [-0.2, -0.15) is 4.68 Å². The molecule has 4 aromatic rings. The Morgan fingerprint density at radius 1 is 1.18 bits per heavy atom. The molecule has 0 saturated heterocycles. The molecule has 28 heavy (non-hydrogen) atoms. The zero-order valence-electron chi connectivity index (χ0n) is 14.8. The van der Waals surface area contributed by atoms with E-state index in [4.69, 9.17) is 0 Å². The van der Waals surface area contributed by atoms with Crippen LogP contribution in [0.15, 0.2) is 64.2 Å². The van der Waals surface area contributed by atoms with Crippen molar-refractivity contribution in [1.82, 2.24) is 25.2 Å². The molecule has 0 fully saturated rings. The van der Waals surface area contributed by atoms with Gasteiger partial charge >= 0.3 is 0 Å². The number of nitrogens with one attached hydrogen (secondary N) is 1. The molecule has 0 aliphatic carbocycles. The molecule has 2 heterocycles. The average Bonchev–Trinajstić information content (AvgIpc) is 3.15. The number of hydrogen-bond acceptors (Lipinski definition) is 6. The van der Waals surface area contributed by atoms with Crippen LogP contribution < -0.4 is 5.32 Å². The zero-order valence-corrected chi connectivity index (χ0v) is 17.2. The first-order valence-electron chi connectivity index (χ1n) is 8.43. The number of halogens is 1. The van der Waals surface area contributed by atoms with Crippen molar-refractivity contribution < 1.29 is 4.79 Å². The average molecular weight is 455 g/mol. The molecule has 0 aliphatic rings. The van der Waals surface area contributed by atoms with E-state index in [1.807, 2.05) is 61.5 Å². The number of tetrazole rings is 1. The Morgan fingerprint density at radius 2 is 1.96 bits per heavy atom. The smallest absolute Gasteiger partial charge is 0.234 e. The van der Waals surface area contributed by atoms with Gasteiger partial charge in [-0.15, -0.1) is 5.10 Å². The van der Waals surface area contributed by atoms with Crippen LogP contribution in [0.3, 0.4) is 0 Å². The third kappa shape index (κ3) is 4.05. The van der Waals surface area contributed by atoms with Crippen molar-refractivity contribution in [3.63, 3.8) is 0 Å². The van der Waals surface area contributed by atoms with Crippen molar-refractivity contribution >= 4 is 50.2 Å². The Kier molecular flexibility index (Phi) is 5.36. The molecule has 1 N–H and O–H groups in total. The molecule has 0 saturated carbocycles. The number of aryl methyl sites for hydroxylation is 1. The number of amides is 1. The van der Waals surface area contributed by atoms with Crippen LogP contribution in [0.1, 0.15) is 5.69 Å². The molecule has 0 radical (unpaired) electrons. The highest BCUT2D eigenvalue weighted by atomic mass is 79.9. The van der Waals surface area contributed by atoms with Crippen molar-refractivity contribution in [2.75, 3.05) is 11.1 Å². The lowest BCUT2D eigenvalue weighted by Gasteiger charge is -2.09. The van der Waals surface area contributed by atoms with Gasteiger partial charge in [0.25, 0.3) is 0 Å². The second-order valence-electron chi connectivity index (χ2n) is 6.01. The molecule has 0 aliphatic heterocycles. The number of rotatable bonds is 5. The minimum absolute atomic E-state index is 0.133. The van der Waals surface area contributed by atoms with Gasteiger partial charge in [0, 0.05) is 15.6 Å². The molecule has 1 amide bonds. The molecule has 4 rings (SSSR count). The summed E-state index contributed by atoms with van der Waals surface area (Å²) < 4.78 is 2.58. The first-order chi connectivity index (χ1) is 13.6. The topological polar surface area (TPSA) is 85.6 Å².